The molecule has 4 rings (SSSR count). The van der Waals surface area contributed by atoms with Gasteiger partial charge in [-0.1, -0.05) is 12.1 Å². The number of thiocarbonyl (C=S) groups is 1. The monoisotopic (exact) mass is 462 g/mol. The molecule has 164 valence electrons. The lowest BCUT2D eigenvalue weighted by atomic mass is 10.1. The van der Waals surface area contributed by atoms with Crippen LogP contribution < -0.4 is 10.2 Å². The number of hydrogen-bond acceptors (Lipinski definition) is 6. The van der Waals surface area contributed by atoms with E-state index in [4.69, 9.17) is 26.8 Å². The number of rotatable bonds is 5. The van der Waals surface area contributed by atoms with Crippen LogP contribution in [0.5, 0.6) is 0 Å². The van der Waals surface area contributed by atoms with Crippen molar-refractivity contribution in [2.24, 2.45) is 0 Å². The van der Waals surface area contributed by atoms with Crippen molar-refractivity contribution in [1.82, 2.24) is 5.32 Å². The number of nitrogens with one attached hydrogen (secondary N) is 1. The average molecular weight is 462 g/mol. The lowest BCUT2D eigenvalue weighted by molar-refractivity contribution is -0.122. The molecule has 0 radical (unpaired) electrons. The summed E-state index contributed by atoms with van der Waals surface area (Å²) in [5.74, 6) is -3.08. The zero-order valence-corrected chi connectivity index (χ0v) is 17.5. The van der Waals surface area contributed by atoms with Gasteiger partial charge in [-0.15, -0.1) is 0 Å². The molecule has 1 aliphatic heterocycles. The van der Waals surface area contributed by atoms with Crippen molar-refractivity contribution in [3.05, 3.63) is 83.1 Å². The van der Waals surface area contributed by atoms with Crippen LogP contribution in [0, 0.1) is 0 Å². The zero-order chi connectivity index (χ0) is 23.7. The summed E-state index contributed by atoms with van der Waals surface area (Å²) in [6.07, 6.45) is 1.25. The number of nitrogens with zero attached hydrogens (tertiary/aromatic N) is 1. The predicted molar refractivity (Wildman–Crippen MR) is 121 cm³/mol. The number of anilines is 1. The van der Waals surface area contributed by atoms with Gasteiger partial charge in [0.25, 0.3) is 11.8 Å². The molecule has 0 unspecified atom stereocenters. The van der Waals surface area contributed by atoms with Crippen LogP contribution in [-0.2, 0) is 9.59 Å². The smallest absolute Gasteiger partial charge is 0.335 e. The largest absolute Gasteiger partial charge is 0.478 e. The summed E-state index contributed by atoms with van der Waals surface area (Å²) >= 11 is 5.12. The van der Waals surface area contributed by atoms with E-state index in [1.54, 1.807) is 18.2 Å². The fourth-order valence-electron chi connectivity index (χ4n) is 3.18. The minimum atomic E-state index is -1.12. The Bertz CT molecular complexity index is 1360. The van der Waals surface area contributed by atoms with Crippen LogP contribution in [0.4, 0.5) is 5.69 Å². The van der Waals surface area contributed by atoms with Gasteiger partial charge < -0.3 is 14.6 Å². The molecule has 0 spiro atoms. The second-order valence-electron chi connectivity index (χ2n) is 6.90. The molecule has 3 N–H and O–H groups in total. The second-order valence-corrected chi connectivity index (χ2v) is 7.28. The number of carboxylic acid groups (broad SMARTS) is 2. The lowest BCUT2D eigenvalue weighted by Gasteiger charge is -2.28. The third-order valence-corrected chi connectivity index (χ3v) is 5.07. The van der Waals surface area contributed by atoms with Gasteiger partial charge >= 0.3 is 11.9 Å². The van der Waals surface area contributed by atoms with E-state index in [1.807, 2.05) is 0 Å². The van der Waals surface area contributed by atoms with Crippen LogP contribution in [0.1, 0.15) is 26.5 Å². The molecular formula is C23H14N2O7S. The van der Waals surface area contributed by atoms with E-state index in [-0.39, 0.29) is 33.3 Å². The van der Waals surface area contributed by atoms with Crippen LogP contribution in [0.2, 0.25) is 0 Å². The maximum atomic E-state index is 13.1. The standard InChI is InChI=1S/C23H14N2O7S/c26-19-17(11-16-8-9-18(32-16)13-2-1-3-14(10-13)22(30)31)20(27)25(23(33)24-19)15-6-4-12(5-7-15)21(28)29/h1-11H,(H,28,29)(H,30,31)(H,24,26,33)/b17-11-. The van der Waals surface area contributed by atoms with Crippen molar-refractivity contribution in [3.8, 4) is 11.3 Å². The Morgan fingerprint density at radius 1 is 0.939 bits per heavy atom. The Labute approximate surface area is 191 Å². The van der Waals surface area contributed by atoms with Crippen molar-refractivity contribution in [1.29, 1.82) is 0 Å². The van der Waals surface area contributed by atoms with Gasteiger partial charge in [-0.3, -0.25) is 19.8 Å². The third kappa shape index (κ3) is 4.27. The molecule has 10 heteroatoms. The maximum Gasteiger partial charge on any atom is 0.335 e. The van der Waals surface area contributed by atoms with Gasteiger partial charge in [-0.2, -0.15) is 0 Å². The van der Waals surface area contributed by atoms with Gasteiger partial charge in [0.2, 0.25) is 0 Å². The first-order valence-electron chi connectivity index (χ1n) is 9.43. The first-order valence-corrected chi connectivity index (χ1v) is 9.84. The minimum absolute atomic E-state index is 0.0315. The normalized spacial score (nSPS) is 15.0. The number of carbonyl (C=O) groups excluding carboxylic acids is 2. The predicted octanol–water partition coefficient (Wildman–Crippen LogP) is 3.17. The summed E-state index contributed by atoms with van der Waals surface area (Å²) in [6.45, 7) is 0. The van der Waals surface area contributed by atoms with Crippen LogP contribution in [0.25, 0.3) is 17.4 Å². The number of carboxylic acids is 2. The Hall–Kier alpha value is -4.57. The van der Waals surface area contributed by atoms with E-state index < -0.39 is 23.8 Å². The Balaban J connectivity index is 1.65. The molecule has 0 bridgehead atoms. The zero-order valence-electron chi connectivity index (χ0n) is 16.6. The minimum Gasteiger partial charge on any atom is -0.478 e. The SMILES string of the molecule is O=C1NC(=S)N(c2ccc(C(=O)O)cc2)C(=O)/C1=C\c1ccc(-c2cccc(C(=O)O)c2)o1. The van der Waals surface area contributed by atoms with E-state index in [2.05, 4.69) is 5.32 Å². The molecule has 3 aromatic rings. The summed E-state index contributed by atoms with van der Waals surface area (Å²) in [5.41, 5.74) is 0.672. The quantitative estimate of drug-likeness (QED) is 0.299. The summed E-state index contributed by atoms with van der Waals surface area (Å²) in [7, 11) is 0. The molecule has 33 heavy (non-hydrogen) atoms. The van der Waals surface area contributed by atoms with Gasteiger partial charge in [0, 0.05) is 5.56 Å². The second kappa shape index (κ2) is 8.52. The number of amides is 2. The van der Waals surface area contributed by atoms with Crippen molar-refractivity contribution in [2.45, 2.75) is 0 Å². The van der Waals surface area contributed by atoms with Crippen LogP contribution in [0.3, 0.4) is 0 Å². The molecule has 9 nitrogen and oxygen atoms in total. The van der Waals surface area contributed by atoms with Crippen molar-refractivity contribution in [2.75, 3.05) is 4.90 Å². The van der Waals surface area contributed by atoms with Crippen molar-refractivity contribution in [3.63, 3.8) is 0 Å². The molecular weight excluding hydrogens is 448 g/mol. The van der Waals surface area contributed by atoms with E-state index >= 15 is 0 Å². The molecule has 1 fully saturated rings. The summed E-state index contributed by atoms with van der Waals surface area (Å²) in [5, 5.41) is 20.5. The molecule has 1 aromatic heterocycles. The fourth-order valence-corrected chi connectivity index (χ4v) is 3.46. The first-order chi connectivity index (χ1) is 15.7. The molecule has 1 aliphatic rings. The molecule has 2 aromatic carbocycles. The van der Waals surface area contributed by atoms with Gasteiger partial charge in [0.15, 0.2) is 5.11 Å². The van der Waals surface area contributed by atoms with Crippen LogP contribution in [-0.4, -0.2) is 39.1 Å². The molecule has 2 amide bonds. The molecule has 1 saturated heterocycles. The maximum absolute atomic E-state index is 13.1. The number of carbonyl (C=O) groups is 4. The fraction of sp³-hybridized carbons (Fsp3) is 0. The van der Waals surface area contributed by atoms with Gasteiger partial charge in [-0.25, -0.2) is 9.59 Å². The highest BCUT2D eigenvalue weighted by molar-refractivity contribution is 7.80. The molecule has 0 atom stereocenters. The van der Waals surface area contributed by atoms with E-state index in [0.717, 1.165) is 4.90 Å². The highest BCUT2D eigenvalue weighted by Crippen LogP contribution is 2.26. The van der Waals surface area contributed by atoms with Gasteiger partial charge in [-0.05, 0) is 66.8 Å². The van der Waals surface area contributed by atoms with Crippen LogP contribution in [0.15, 0.2) is 70.7 Å². The van der Waals surface area contributed by atoms with E-state index in [9.17, 15) is 19.2 Å². The highest BCUT2D eigenvalue weighted by Gasteiger charge is 2.34. The Morgan fingerprint density at radius 3 is 2.30 bits per heavy atom. The Kier molecular flexibility index (Phi) is 5.59. The van der Waals surface area contributed by atoms with Crippen LogP contribution >= 0.6 is 12.2 Å². The number of aromatic carboxylic acids is 2. The molecule has 0 aliphatic carbocycles. The van der Waals surface area contributed by atoms with Crippen molar-refractivity contribution < 1.29 is 33.8 Å². The average Bonchev–Trinajstić information content (AvgIpc) is 3.26. The highest BCUT2D eigenvalue weighted by atomic mass is 32.1. The Morgan fingerprint density at radius 2 is 1.64 bits per heavy atom. The summed E-state index contributed by atoms with van der Waals surface area (Å²) in [6, 6.07) is 14.7. The van der Waals surface area contributed by atoms with Crippen molar-refractivity contribution >= 4 is 52.8 Å². The molecule has 2 heterocycles. The summed E-state index contributed by atoms with van der Waals surface area (Å²) < 4.78 is 5.70. The lowest BCUT2D eigenvalue weighted by Crippen LogP contribution is -2.54. The van der Waals surface area contributed by atoms with Gasteiger partial charge in [0.1, 0.15) is 17.1 Å². The topological polar surface area (TPSA) is 137 Å². The number of hydrogen-bond donors (Lipinski definition) is 3. The number of benzene rings is 2. The first kappa shape index (κ1) is 21.7. The third-order valence-electron chi connectivity index (χ3n) is 4.78. The number of furan rings is 1. The molecule has 0 saturated carbocycles. The summed E-state index contributed by atoms with van der Waals surface area (Å²) in [4.78, 5) is 48.8. The van der Waals surface area contributed by atoms with Gasteiger partial charge in [0.05, 0.1) is 16.8 Å². The van der Waals surface area contributed by atoms with E-state index in [0.29, 0.717) is 11.3 Å². The van der Waals surface area contributed by atoms with E-state index in [1.165, 1.54) is 48.5 Å².